The van der Waals surface area contributed by atoms with Gasteiger partial charge in [0.1, 0.15) is 11.0 Å². The Morgan fingerprint density at radius 2 is 1.60 bits per heavy atom. The summed E-state index contributed by atoms with van der Waals surface area (Å²) >= 11 is 3.01. The molecule has 3 heterocycles. The predicted octanol–water partition coefficient (Wildman–Crippen LogP) is 5.52. The Hall–Kier alpha value is -4.63. The number of hydrogen-bond acceptors (Lipinski definition) is 9. The molecule has 0 aliphatic heterocycles. The van der Waals surface area contributed by atoms with E-state index in [1.165, 1.54) is 30.6 Å². The summed E-state index contributed by atoms with van der Waals surface area (Å²) < 4.78 is 38.3. The Morgan fingerprint density at radius 3 is 2.29 bits per heavy atom. The highest BCUT2D eigenvalue weighted by Crippen LogP contribution is 2.36. The van der Waals surface area contributed by atoms with E-state index in [-0.39, 0.29) is 12.1 Å². The number of ether oxygens (including phenoxy) is 1. The van der Waals surface area contributed by atoms with E-state index in [0.29, 0.717) is 12.1 Å². The maximum atomic E-state index is 13.7. The van der Waals surface area contributed by atoms with Crippen LogP contribution in [0.25, 0.3) is 20.5 Å². The number of rotatable bonds is 12. The molecule has 3 aromatic heterocycles. The Morgan fingerprint density at radius 1 is 0.889 bits per heavy atom. The number of hydrogen-bond donors (Lipinski definition) is 4. The number of aromatic nitrogens is 2. The summed E-state index contributed by atoms with van der Waals surface area (Å²) in [5, 5.41) is 8.35. The molecule has 5 rings (SSSR count). The third-order valence-corrected chi connectivity index (χ3v) is 9.28. The van der Waals surface area contributed by atoms with Gasteiger partial charge in [0, 0.05) is 18.0 Å². The van der Waals surface area contributed by atoms with Crippen LogP contribution in [0.15, 0.2) is 96.5 Å². The highest BCUT2D eigenvalue weighted by molar-refractivity contribution is 7.87. The molecule has 14 heteroatoms. The number of thiazole rings is 1. The van der Waals surface area contributed by atoms with E-state index in [2.05, 4.69) is 15.6 Å². The number of methoxy groups -OCH3 is 1. The van der Waals surface area contributed by atoms with Gasteiger partial charge < -0.3 is 15.4 Å². The molecule has 4 N–H and O–H groups in total. The summed E-state index contributed by atoms with van der Waals surface area (Å²) in [6, 6.07) is 23.9. The van der Waals surface area contributed by atoms with Gasteiger partial charge >= 0.3 is 16.4 Å². The molecule has 0 fully saturated rings. The first-order valence-electron chi connectivity index (χ1n) is 13.7. The van der Waals surface area contributed by atoms with E-state index in [9.17, 15) is 18.0 Å². The van der Waals surface area contributed by atoms with E-state index in [1.54, 1.807) is 29.7 Å². The lowest BCUT2D eigenvalue weighted by Gasteiger charge is -2.23. The van der Waals surface area contributed by atoms with Gasteiger partial charge in [-0.25, -0.2) is 9.78 Å². The van der Waals surface area contributed by atoms with E-state index in [0.717, 1.165) is 31.6 Å². The SMILES string of the molecule is COC(=O)NC(Cc1ccccc1)C(=O)NC(Cc1ccc(NS(=O)(=O)O)cc1)c1csc(-c2ccc(-c3ccccn3)s2)n1. The highest BCUT2D eigenvalue weighted by atomic mass is 32.2. The predicted molar refractivity (Wildman–Crippen MR) is 174 cm³/mol. The van der Waals surface area contributed by atoms with Gasteiger partial charge in [-0.05, 0) is 53.9 Å². The molecular weight excluding hydrogens is 635 g/mol. The molecule has 0 aliphatic carbocycles. The second-order valence-corrected chi connectivity index (χ2v) is 13.0. The van der Waals surface area contributed by atoms with Crippen LogP contribution in [0.2, 0.25) is 0 Å². The van der Waals surface area contributed by atoms with Crippen LogP contribution >= 0.6 is 22.7 Å². The van der Waals surface area contributed by atoms with Crippen molar-refractivity contribution in [2.75, 3.05) is 11.8 Å². The smallest absolute Gasteiger partial charge is 0.407 e. The van der Waals surface area contributed by atoms with E-state index < -0.39 is 34.4 Å². The maximum Gasteiger partial charge on any atom is 0.407 e. The first-order chi connectivity index (χ1) is 21.7. The molecule has 0 saturated heterocycles. The second kappa shape index (κ2) is 14.4. The average Bonchev–Trinajstić information content (AvgIpc) is 3.72. The van der Waals surface area contributed by atoms with Crippen LogP contribution in [-0.4, -0.2) is 48.1 Å². The minimum Gasteiger partial charge on any atom is -0.453 e. The Kier molecular flexibility index (Phi) is 10.2. The lowest BCUT2D eigenvalue weighted by molar-refractivity contribution is -0.123. The molecule has 0 spiro atoms. The summed E-state index contributed by atoms with van der Waals surface area (Å²) in [6.45, 7) is 0. The van der Waals surface area contributed by atoms with Crippen molar-refractivity contribution in [2.24, 2.45) is 0 Å². The van der Waals surface area contributed by atoms with Gasteiger partial charge in [0.2, 0.25) is 5.91 Å². The average molecular weight is 664 g/mol. The zero-order valence-corrected chi connectivity index (χ0v) is 26.4. The van der Waals surface area contributed by atoms with Gasteiger partial charge in [0.15, 0.2) is 0 Å². The maximum absolute atomic E-state index is 13.7. The molecule has 0 radical (unpaired) electrons. The zero-order chi connectivity index (χ0) is 31.8. The van der Waals surface area contributed by atoms with Crippen LogP contribution in [0.3, 0.4) is 0 Å². The molecule has 2 atom stereocenters. The number of carbonyl (C=O) groups excluding carboxylic acids is 2. The Labute approximate surface area is 268 Å². The number of thiophene rings is 1. The molecule has 0 saturated carbocycles. The first kappa shape index (κ1) is 31.8. The minimum atomic E-state index is -4.42. The molecule has 2 amide bonds. The summed E-state index contributed by atoms with van der Waals surface area (Å²) in [5.41, 5.74) is 3.29. The largest absolute Gasteiger partial charge is 0.453 e. The van der Waals surface area contributed by atoms with Gasteiger partial charge in [-0.3, -0.25) is 19.1 Å². The molecule has 2 unspecified atom stereocenters. The van der Waals surface area contributed by atoms with Crippen molar-refractivity contribution >= 4 is 50.7 Å². The number of nitrogens with zero attached hydrogens (tertiary/aromatic N) is 2. The van der Waals surface area contributed by atoms with Crippen LogP contribution < -0.4 is 15.4 Å². The van der Waals surface area contributed by atoms with Gasteiger partial charge in [0.05, 0.1) is 40.0 Å². The number of nitrogens with one attached hydrogen (secondary N) is 3. The molecule has 45 heavy (non-hydrogen) atoms. The number of pyridine rings is 1. The highest BCUT2D eigenvalue weighted by Gasteiger charge is 2.26. The van der Waals surface area contributed by atoms with Crippen molar-refractivity contribution in [1.29, 1.82) is 0 Å². The topological polar surface area (TPSA) is 160 Å². The lowest BCUT2D eigenvalue weighted by atomic mass is 10.0. The minimum absolute atomic E-state index is 0.185. The van der Waals surface area contributed by atoms with Crippen molar-refractivity contribution in [2.45, 2.75) is 24.9 Å². The third-order valence-electron chi connectivity index (χ3n) is 6.65. The Bertz CT molecular complexity index is 1850. The van der Waals surface area contributed by atoms with Gasteiger partial charge in [-0.1, -0.05) is 48.5 Å². The summed E-state index contributed by atoms with van der Waals surface area (Å²) in [5.74, 6) is -0.429. The lowest BCUT2D eigenvalue weighted by Crippen LogP contribution is -2.49. The molecule has 0 bridgehead atoms. The fourth-order valence-electron chi connectivity index (χ4n) is 4.51. The van der Waals surface area contributed by atoms with Crippen molar-refractivity contribution in [3.63, 3.8) is 0 Å². The molecule has 2 aromatic carbocycles. The molecule has 11 nitrogen and oxygen atoms in total. The molecule has 0 aliphatic rings. The quantitative estimate of drug-likeness (QED) is 0.127. The molecular formula is C31H29N5O6S3. The fourth-order valence-corrected chi connectivity index (χ4v) is 6.88. The van der Waals surface area contributed by atoms with Crippen LogP contribution in [0, 0.1) is 0 Å². The zero-order valence-electron chi connectivity index (χ0n) is 23.9. The van der Waals surface area contributed by atoms with Crippen molar-refractivity contribution in [3.8, 4) is 20.5 Å². The Balaban J connectivity index is 1.41. The first-order valence-corrected chi connectivity index (χ1v) is 16.8. The van der Waals surface area contributed by atoms with Gasteiger partial charge in [-0.15, -0.1) is 22.7 Å². The van der Waals surface area contributed by atoms with Crippen LogP contribution in [0.1, 0.15) is 22.9 Å². The standard InChI is InChI=1S/C31H29N5O6S3/c1-42-31(38)35-25(18-20-7-3-2-4-8-20)29(37)33-24(17-21-10-12-22(13-11-21)36-45(39,40)41)26-19-43-30(34-26)28-15-14-27(44-28)23-9-5-6-16-32-23/h2-16,19,24-25,36H,17-18H2,1H3,(H,33,37)(H,35,38)(H,39,40,41). The number of benzene rings is 2. The van der Waals surface area contributed by atoms with E-state index in [1.807, 2.05) is 70.8 Å². The fraction of sp³-hybridized carbons (Fsp3) is 0.161. The summed E-state index contributed by atoms with van der Waals surface area (Å²) in [6.07, 6.45) is 1.55. The molecule has 5 aromatic rings. The third kappa shape index (κ3) is 8.95. The number of amides is 2. The second-order valence-electron chi connectivity index (χ2n) is 9.87. The number of anilines is 1. The van der Waals surface area contributed by atoms with Crippen LogP contribution in [-0.2, 0) is 32.7 Å². The van der Waals surface area contributed by atoms with E-state index in [4.69, 9.17) is 14.3 Å². The van der Waals surface area contributed by atoms with E-state index >= 15 is 0 Å². The normalized spacial score (nSPS) is 12.6. The van der Waals surface area contributed by atoms with Crippen molar-refractivity contribution in [3.05, 3.63) is 113 Å². The van der Waals surface area contributed by atoms with Crippen molar-refractivity contribution < 1.29 is 27.3 Å². The summed E-state index contributed by atoms with van der Waals surface area (Å²) in [4.78, 5) is 37.1. The monoisotopic (exact) mass is 663 g/mol. The van der Waals surface area contributed by atoms with Crippen molar-refractivity contribution in [1.82, 2.24) is 20.6 Å². The molecule has 232 valence electrons. The van der Waals surface area contributed by atoms with Gasteiger partial charge in [-0.2, -0.15) is 8.42 Å². The number of alkyl carbamates (subject to hydrolysis) is 1. The van der Waals surface area contributed by atoms with Crippen LogP contribution in [0.5, 0.6) is 0 Å². The summed E-state index contributed by atoms with van der Waals surface area (Å²) in [7, 11) is -3.19. The van der Waals surface area contributed by atoms with Crippen LogP contribution in [0.4, 0.5) is 10.5 Å². The van der Waals surface area contributed by atoms with Gasteiger partial charge in [0.25, 0.3) is 0 Å². The number of carbonyl (C=O) groups is 2.